The lowest BCUT2D eigenvalue weighted by Gasteiger charge is -2.20. The summed E-state index contributed by atoms with van der Waals surface area (Å²) in [6, 6.07) is 1.99. The molecule has 0 unspecified atom stereocenters. The number of halogens is 4. The largest absolute Gasteiger partial charge is 0.417 e. The third-order valence-electron chi connectivity index (χ3n) is 2.54. The minimum absolute atomic E-state index is 0.0319. The fourth-order valence-corrected chi connectivity index (χ4v) is 1.75. The van der Waals surface area contributed by atoms with Gasteiger partial charge in [0, 0.05) is 24.6 Å². The smallest absolute Gasteiger partial charge is 0.338 e. The molecule has 0 spiro atoms. The van der Waals surface area contributed by atoms with Crippen molar-refractivity contribution in [2.75, 3.05) is 18.4 Å². The molecule has 1 aromatic heterocycles. The molecular formula is C12H14BrF3N2O. The van der Waals surface area contributed by atoms with Crippen molar-refractivity contribution in [2.24, 2.45) is 0 Å². The average Bonchev–Trinajstić information content (AvgIpc) is 2.38. The first-order valence-electron chi connectivity index (χ1n) is 5.78. The maximum Gasteiger partial charge on any atom is 0.417 e. The number of carbonyl (C=O) groups is 1. The highest BCUT2D eigenvalue weighted by molar-refractivity contribution is 9.09. The van der Waals surface area contributed by atoms with Crippen LogP contribution < -0.4 is 0 Å². The number of amides is 1. The fourth-order valence-electron chi connectivity index (χ4n) is 1.50. The zero-order chi connectivity index (χ0) is 14.5. The predicted molar refractivity (Wildman–Crippen MR) is 69.2 cm³/mol. The normalized spacial score (nSPS) is 11.4. The number of nitrogens with zero attached hydrogens (tertiary/aromatic N) is 2. The summed E-state index contributed by atoms with van der Waals surface area (Å²) >= 11 is 3.27. The van der Waals surface area contributed by atoms with Crippen LogP contribution in [-0.2, 0) is 6.18 Å². The lowest BCUT2D eigenvalue weighted by molar-refractivity contribution is -0.137. The van der Waals surface area contributed by atoms with E-state index < -0.39 is 11.7 Å². The second-order valence-corrected chi connectivity index (χ2v) is 4.65. The first kappa shape index (κ1) is 15.9. The van der Waals surface area contributed by atoms with Gasteiger partial charge in [0.25, 0.3) is 5.91 Å². The summed E-state index contributed by atoms with van der Waals surface area (Å²) in [4.78, 5) is 17.2. The molecule has 0 saturated heterocycles. The molecule has 1 amide bonds. The molecule has 1 heterocycles. The summed E-state index contributed by atoms with van der Waals surface area (Å²) in [6.07, 6.45) is -2.97. The van der Waals surface area contributed by atoms with E-state index in [-0.39, 0.29) is 11.6 Å². The summed E-state index contributed by atoms with van der Waals surface area (Å²) in [5.41, 5.74) is -0.822. The summed E-state index contributed by atoms with van der Waals surface area (Å²) < 4.78 is 37.1. The van der Waals surface area contributed by atoms with Crippen molar-refractivity contribution in [1.29, 1.82) is 0 Å². The Kier molecular flexibility index (Phi) is 5.78. The molecule has 0 aromatic carbocycles. The van der Waals surface area contributed by atoms with E-state index in [9.17, 15) is 18.0 Å². The summed E-state index contributed by atoms with van der Waals surface area (Å²) in [5, 5.41) is 0.761. The van der Waals surface area contributed by atoms with Crippen molar-refractivity contribution in [2.45, 2.75) is 19.5 Å². The van der Waals surface area contributed by atoms with Gasteiger partial charge >= 0.3 is 6.18 Å². The van der Waals surface area contributed by atoms with E-state index in [2.05, 4.69) is 20.9 Å². The number of alkyl halides is 4. The molecule has 0 aliphatic carbocycles. The van der Waals surface area contributed by atoms with Crippen LogP contribution in [0.2, 0.25) is 0 Å². The Balaban J connectivity index is 2.82. The zero-order valence-corrected chi connectivity index (χ0v) is 12.0. The van der Waals surface area contributed by atoms with Gasteiger partial charge in [-0.1, -0.05) is 15.9 Å². The van der Waals surface area contributed by atoms with Crippen molar-refractivity contribution in [3.05, 3.63) is 29.6 Å². The first-order chi connectivity index (χ1) is 8.90. The zero-order valence-electron chi connectivity index (χ0n) is 10.4. The van der Waals surface area contributed by atoms with Crippen LogP contribution in [0.4, 0.5) is 13.2 Å². The van der Waals surface area contributed by atoms with Crippen molar-refractivity contribution in [1.82, 2.24) is 9.88 Å². The number of aromatic nitrogens is 1. The van der Waals surface area contributed by atoms with E-state index in [1.165, 1.54) is 0 Å². The predicted octanol–water partition coefficient (Wildman–Crippen LogP) is 3.35. The van der Waals surface area contributed by atoms with Crippen LogP contribution in [0, 0.1) is 0 Å². The van der Waals surface area contributed by atoms with E-state index in [0.717, 1.165) is 23.9 Å². The Hall–Kier alpha value is -1.11. The molecule has 0 radical (unpaired) electrons. The molecule has 0 N–H and O–H groups in total. The van der Waals surface area contributed by atoms with Crippen molar-refractivity contribution >= 4 is 21.8 Å². The van der Waals surface area contributed by atoms with Gasteiger partial charge in [0.1, 0.15) is 5.69 Å². The van der Waals surface area contributed by atoms with E-state index in [4.69, 9.17) is 0 Å². The van der Waals surface area contributed by atoms with Crippen molar-refractivity contribution in [3.8, 4) is 0 Å². The Bertz CT molecular complexity index is 420. The van der Waals surface area contributed by atoms with Gasteiger partial charge in [-0.3, -0.25) is 9.78 Å². The maximum absolute atomic E-state index is 12.4. The molecule has 0 fully saturated rings. The van der Waals surface area contributed by atoms with Crippen LogP contribution in [0.25, 0.3) is 0 Å². The molecule has 0 aliphatic heterocycles. The van der Waals surface area contributed by atoms with Gasteiger partial charge in [-0.05, 0) is 25.5 Å². The van der Waals surface area contributed by atoms with E-state index in [0.29, 0.717) is 19.3 Å². The van der Waals surface area contributed by atoms with Crippen LogP contribution >= 0.6 is 15.9 Å². The average molecular weight is 339 g/mol. The van der Waals surface area contributed by atoms with Crippen molar-refractivity contribution in [3.63, 3.8) is 0 Å². The quantitative estimate of drug-likeness (QED) is 0.771. The van der Waals surface area contributed by atoms with Crippen LogP contribution in [0.5, 0.6) is 0 Å². The van der Waals surface area contributed by atoms with Gasteiger partial charge in [0.05, 0.1) is 5.56 Å². The molecule has 0 aliphatic rings. The standard InChI is InChI=1S/C12H14BrF3N2O/c1-2-18(7-3-6-13)11(19)10-5-4-9(8-17-10)12(14,15)16/h4-5,8H,2-3,6-7H2,1H3. The van der Waals surface area contributed by atoms with E-state index in [1.807, 2.05) is 6.92 Å². The Morgan fingerprint density at radius 2 is 2.11 bits per heavy atom. The molecule has 7 heteroatoms. The van der Waals surface area contributed by atoms with Crippen LogP contribution in [0.1, 0.15) is 29.4 Å². The molecule has 3 nitrogen and oxygen atoms in total. The SMILES string of the molecule is CCN(CCCBr)C(=O)c1ccc(C(F)(F)F)cn1. The van der Waals surface area contributed by atoms with Gasteiger partial charge < -0.3 is 4.90 Å². The first-order valence-corrected chi connectivity index (χ1v) is 6.90. The number of carbonyl (C=O) groups excluding carboxylic acids is 1. The van der Waals surface area contributed by atoms with Gasteiger partial charge in [-0.25, -0.2) is 0 Å². The third kappa shape index (κ3) is 4.49. The van der Waals surface area contributed by atoms with Gasteiger partial charge in [-0.15, -0.1) is 0 Å². The summed E-state index contributed by atoms with van der Waals surface area (Å²) in [5.74, 6) is -0.350. The molecule has 0 bridgehead atoms. The second-order valence-electron chi connectivity index (χ2n) is 3.86. The molecule has 0 saturated carbocycles. The van der Waals surface area contributed by atoms with Crippen molar-refractivity contribution < 1.29 is 18.0 Å². The Labute approximate surface area is 117 Å². The van der Waals surface area contributed by atoms with Crippen LogP contribution in [0.3, 0.4) is 0 Å². The molecular weight excluding hydrogens is 325 g/mol. The van der Waals surface area contributed by atoms with E-state index in [1.54, 1.807) is 4.90 Å². The van der Waals surface area contributed by atoms with E-state index >= 15 is 0 Å². The molecule has 1 aromatic rings. The second kappa shape index (κ2) is 6.88. The molecule has 19 heavy (non-hydrogen) atoms. The summed E-state index contributed by atoms with van der Waals surface area (Å²) in [7, 11) is 0. The van der Waals surface area contributed by atoms with Gasteiger partial charge in [0.15, 0.2) is 0 Å². The lowest BCUT2D eigenvalue weighted by Crippen LogP contribution is -2.32. The number of hydrogen-bond acceptors (Lipinski definition) is 2. The minimum Gasteiger partial charge on any atom is -0.338 e. The van der Waals surface area contributed by atoms with Gasteiger partial charge in [0.2, 0.25) is 0 Å². The highest BCUT2D eigenvalue weighted by Gasteiger charge is 2.31. The maximum atomic E-state index is 12.4. The number of pyridine rings is 1. The monoisotopic (exact) mass is 338 g/mol. The third-order valence-corrected chi connectivity index (χ3v) is 3.10. The highest BCUT2D eigenvalue weighted by atomic mass is 79.9. The molecule has 1 rings (SSSR count). The van der Waals surface area contributed by atoms with Gasteiger partial charge in [-0.2, -0.15) is 13.2 Å². The fraction of sp³-hybridized carbons (Fsp3) is 0.500. The number of hydrogen-bond donors (Lipinski definition) is 0. The number of rotatable bonds is 5. The molecule has 0 atom stereocenters. The van der Waals surface area contributed by atoms with Crippen LogP contribution in [-0.4, -0.2) is 34.2 Å². The minimum atomic E-state index is -4.44. The Morgan fingerprint density at radius 1 is 1.42 bits per heavy atom. The topological polar surface area (TPSA) is 33.2 Å². The Morgan fingerprint density at radius 3 is 2.53 bits per heavy atom. The molecule has 106 valence electrons. The highest BCUT2D eigenvalue weighted by Crippen LogP contribution is 2.28. The van der Waals surface area contributed by atoms with Crippen LogP contribution in [0.15, 0.2) is 18.3 Å². The summed E-state index contributed by atoms with van der Waals surface area (Å²) in [6.45, 7) is 2.86. The lowest BCUT2D eigenvalue weighted by atomic mass is 10.2.